The van der Waals surface area contributed by atoms with E-state index in [0.29, 0.717) is 23.9 Å². The molecule has 128 valence electrons. The van der Waals surface area contributed by atoms with Gasteiger partial charge in [0.2, 0.25) is 0 Å². The van der Waals surface area contributed by atoms with Gasteiger partial charge in [-0.2, -0.15) is 0 Å². The largest absolute Gasteiger partial charge is 0.458 e. The van der Waals surface area contributed by atoms with Gasteiger partial charge >= 0.3 is 5.97 Å². The normalized spacial score (nSPS) is 36.1. The summed E-state index contributed by atoms with van der Waals surface area (Å²) in [5.74, 6) is 0.895. The van der Waals surface area contributed by atoms with Gasteiger partial charge in [-0.15, -0.1) is 0 Å². The van der Waals surface area contributed by atoms with Crippen molar-refractivity contribution in [1.82, 2.24) is 0 Å². The molecule has 3 aliphatic rings. The summed E-state index contributed by atoms with van der Waals surface area (Å²) in [5.41, 5.74) is 2.95. The van der Waals surface area contributed by atoms with E-state index in [9.17, 15) is 9.90 Å². The van der Waals surface area contributed by atoms with Crippen molar-refractivity contribution < 1.29 is 14.6 Å². The van der Waals surface area contributed by atoms with E-state index in [-0.39, 0.29) is 18.0 Å². The molecule has 0 radical (unpaired) electrons. The Morgan fingerprint density at radius 3 is 2.74 bits per heavy atom. The minimum atomic E-state index is -0.204. The topological polar surface area (TPSA) is 46.5 Å². The van der Waals surface area contributed by atoms with Gasteiger partial charge in [0.25, 0.3) is 0 Å². The van der Waals surface area contributed by atoms with Crippen molar-refractivity contribution in [2.75, 3.05) is 13.2 Å². The number of fused-ring (bicyclic) bond motifs is 1. The second-order valence-electron chi connectivity index (χ2n) is 8.57. The van der Waals surface area contributed by atoms with Crippen LogP contribution in [0.2, 0.25) is 0 Å². The molecule has 1 saturated carbocycles. The first-order valence-electron chi connectivity index (χ1n) is 9.03. The molecule has 3 atom stereocenters. The van der Waals surface area contributed by atoms with Gasteiger partial charge in [0.15, 0.2) is 0 Å². The quantitative estimate of drug-likeness (QED) is 0.629. The van der Waals surface area contributed by atoms with Gasteiger partial charge < -0.3 is 9.84 Å². The third-order valence-electron chi connectivity index (χ3n) is 6.79. The predicted molar refractivity (Wildman–Crippen MR) is 90.8 cm³/mol. The molecule has 1 N–H and O–H groups in total. The molecule has 3 nitrogen and oxygen atoms in total. The molecule has 0 aromatic rings. The van der Waals surface area contributed by atoms with Gasteiger partial charge in [-0.05, 0) is 65.9 Å². The van der Waals surface area contributed by atoms with Crippen LogP contribution in [0.4, 0.5) is 0 Å². The third-order valence-corrected chi connectivity index (χ3v) is 6.79. The first kappa shape index (κ1) is 16.8. The molecule has 0 amide bonds. The number of ether oxygens (including phenoxy) is 1. The smallest absolute Gasteiger partial charge is 0.331 e. The maximum atomic E-state index is 11.3. The van der Waals surface area contributed by atoms with Crippen molar-refractivity contribution in [3.05, 3.63) is 23.3 Å². The highest BCUT2D eigenvalue weighted by molar-refractivity contribution is 5.85. The SMILES string of the molecule is CC1(C)CCCC2(C)C(CCC3=CC(=O)OC3)C(CO)=CCC12. The second-order valence-corrected chi connectivity index (χ2v) is 8.57. The van der Waals surface area contributed by atoms with Gasteiger partial charge in [0.05, 0.1) is 6.61 Å². The maximum Gasteiger partial charge on any atom is 0.331 e. The molecule has 2 aliphatic carbocycles. The Hall–Kier alpha value is -1.09. The average Bonchev–Trinajstić information content (AvgIpc) is 2.89. The van der Waals surface area contributed by atoms with Gasteiger partial charge in [0, 0.05) is 6.08 Å². The summed E-state index contributed by atoms with van der Waals surface area (Å²) in [6, 6.07) is 0. The number of aliphatic hydroxyl groups is 1. The van der Waals surface area contributed by atoms with E-state index in [1.165, 1.54) is 24.8 Å². The van der Waals surface area contributed by atoms with Crippen LogP contribution < -0.4 is 0 Å². The molecule has 0 spiro atoms. The molecule has 23 heavy (non-hydrogen) atoms. The van der Waals surface area contributed by atoms with Crippen LogP contribution in [0.5, 0.6) is 0 Å². The van der Waals surface area contributed by atoms with Crippen molar-refractivity contribution in [2.24, 2.45) is 22.7 Å². The minimum Gasteiger partial charge on any atom is -0.458 e. The van der Waals surface area contributed by atoms with Gasteiger partial charge in [-0.25, -0.2) is 4.79 Å². The Morgan fingerprint density at radius 1 is 1.30 bits per heavy atom. The summed E-state index contributed by atoms with van der Waals surface area (Å²) < 4.78 is 5.03. The Balaban J connectivity index is 1.82. The zero-order valence-corrected chi connectivity index (χ0v) is 14.7. The number of rotatable bonds is 4. The number of esters is 1. The highest BCUT2D eigenvalue weighted by Crippen LogP contribution is 2.60. The van der Waals surface area contributed by atoms with Gasteiger partial charge in [-0.3, -0.25) is 0 Å². The summed E-state index contributed by atoms with van der Waals surface area (Å²) in [6.07, 6.45) is 10.8. The summed E-state index contributed by atoms with van der Waals surface area (Å²) >= 11 is 0. The number of allylic oxidation sites excluding steroid dienone is 1. The lowest BCUT2D eigenvalue weighted by Crippen LogP contribution is -2.49. The Bertz CT molecular complexity index is 543. The lowest BCUT2D eigenvalue weighted by atomic mass is 9.48. The molecule has 3 unspecified atom stereocenters. The molecule has 1 heterocycles. The van der Waals surface area contributed by atoms with Crippen LogP contribution in [0.3, 0.4) is 0 Å². The van der Waals surface area contributed by atoms with Crippen LogP contribution >= 0.6 is 0 Å². The van der Waals surface area contributed by atoms with E-state index in [1.54, 1.807) is 6.08 Å². The lowest BCUT2D eigenvalue weighted by Gasteiger charge is -2.57. The van der Waals surface area contributed by atoms with Crippen molar-refractivity contribution in [3.8, 4) is 0 Å². The second kappa shape index (κ2) is 6.08. The molecular formula is C20H30O3. The molecule has 0 saturated heterocycles. The van der Waals surface area contributed by atoms with Crippen molar-refractivity contribution in [3.63, 3.8) is 0 Å². The van der Waals surface area contributed by atoms with Crippen LogP contribution in [0.1, 0.15) is 59.3 Å². The Labute approximate surface area is 139 Å². The number of hydrogen-bond acceptors (Lipinski definition) is 3. The van der Waals surface area contributed by atoms with E-state index in [4.69, 9.17) is 4.74 Å². The number of carbonyl (C=O) groups excluding carboxylic acids is 1. The summed E-state index contributed by atoms with van der Waals surface area (Å²) in [7, 11) is 0. The molecule has 1 aliphatic heterocycles. The van der Waals surface area contributed by atoms with E-state index >= 15 is 0 Å². The predicted octanol–water partition coefficient (Wildman–Crippen LogP) is 4.02. The number of hydrogen-bond donors (Lipinski definition) is 1. The van der Waals surface area contributed by atoms with Crippen LogP contribution in [0.25, 0.3) is 0 Å². The number of cyclic esters (lactones) is 1. The van der Waals surface area contributed by atoms with Gasteiger partial charge in [-0.1, -0.05) is 33.3 Å². The molecule has 0 bridgehead atoms. The fourth-order valence-electron chi connectivity index (χ4n) is 5.58. The maximum absolute atomic E-state index is 11.3. The monoisotopic (exact) mass is 318 g/mol. The van der Waals surface area contributed by atoms with E-state index in [1.807, 2.05) is 0 Å². The summed E-state index contributed by atoms with van der Waals surface area (Å²) in [5, 5.41) is 9.87. The van der Waals surface area contributed by atoms with Gasteiger partial charge in [0.1, 0.15) is 6.61 Å². The number of aliphatic hydroxyl groups excluding tert-OH is 1. The van der Waals surface area contributed by atoms with Crippen LogP contribution in [0, 0.1) is 22.7 Å². The van der Waals surface area contributed by atoms with Crippen molar-refractivity contribution >= 4 is 5.97 Å². The molecule has 3 rings (SSSR count). The minimum absolute atomic E-state index is 0.169. The van der Waals surface area contributed by atoms with E-state index in [2.05, 4.69) is 26.8 Å². The first-order chi connectivity index (χ1) is 10.9. The highest BCUT2D eigenvalue weighted by atomic mass is 16.5. The Morgan fingerprint density at radius 2 is 2.09 bits per heavy atom. The number of carbonyl (C=O) groups is 1. The molecule has 0 aromatic heterocycles. The first-order valence-corrected chi connectivity index (χ1v) is 9.03. The van der Waals surface area contributed by atoms with E-state index in [0.717, 1.165) is 24.8 Å². The van der Waals surface area contributed by atoms with Crippen LogP contribution in [-0.2, 0) is 9.53 Å². The Kier molecular flexibility index (Phi) is 4.43. The van der Waals surface area contributed by atoms with Crippen LogP contribution in [0.15, 0.2) is 23.3 Å². The van der Waals surface area contributed by atoms with Crippen molar-refractivity contribution in [1.29, 1.82) is 0 Å². The summed E-state index contributed by atoms with van der Waals surface area (Å²) in [6.45, 7) is 7.89. The average molecular weight is 318 g/mol. The third kappa shape index (κ3) is 3.00. The zero-order chi connectivity index (χ0) is 16.7. The summed E-state index contributed by atoms with van der Waals surface area (Å²) in [4.78, 5) is 11.3. The van der Waals surface area contributed by atoms with E-state index < -0.39 is 0 Å². The molecule has 1 fully saturated rings. The highest BCUT2D eigenvalue weighted by Gasteiger charge is 2.52. The fourth-order valence-corrected chi connectivity index (χ4v) is 5.58. The lowest BCUT2D eigenvalue weighted by molar-refractivity contribution is -0.134. The zero-order valence-electron chi connectivity index (χ0n) is 14.7. The standard InChI is InChI=1S/C20H30O3/c1-19(2)9-4-10-20(3)16(15(12-21)6-8-17(19)20)7-5-14-11-18(22)23-13-14/h6,11,16-17,21H,4-5,7-10,12-13H2,1-3H3. The molecule has 3 heteroatoms. The van der Waals surface area contributed by atoms with Crippen LogP contribution in [-0.4, -0.2) is 24.3 Å². The molecular weight excluding hydrogens is 288 g/mol. The molecule has 0 aromatic carbocycles. The fraction of sp³-hybridized carbons (Fsp3) is 0.750. The van der Waals surface area contributed by atoms with Crippen molar-refractivity contribution in [2.45, 2.75) is 59.3 Å².